The summed E-state index contributed by atoms with van der Waals surface area (Å²) in [6, 6.07) is 7.70. The largest absolute Gasteiger partial charge is 0.508 e. The summed E-state index contributed by atoms with van der Waals surface area (Å²) < 4.78 is 0. The van der Waals surface area contributed by atoms with Crippen molar-refractivity contribution in [1.82, 2.24) is 5.32 Å². The van der Waals surface area contributed by atoms with E-state index in [-0.39, 0.29) is 0 Å². The summed E-state index contributed by atoms with van der Waals surface area (Å²) in [7, 11) is 0. The van der Waals surface area contributed by atoms with E-state index in [0.717, 1.165) is 19.0 Å². The van der Waals surface area contributed by atoms with Crippen molar-refractivity contribution >= 4 is 0 Å². The molecular formula is C13H19NO. The number of aromatic hydroxyl groups is 1. The second-order valence-corrected chi connectivity index (χ2v) is 4.36. The predicted molar refractivity (Wildman–Crippen MR) is 62.1 cm³/mol. The molecule has 82 valence electrons. The van der Waals surface area contributed by atoms with Crippen molar-refractivity contribution in [1.29, 1.82) is 0 Å². The smallest absolute Gasteiger partial charge is 0.115 e. The van der Waals surface area contributed by atoms with Gasteiger partial charge < -0.3 is 10.4 Å². The van der Waals surface area contributed by atoms with Crippen LogP contribution >= 0.6 is 0 Å². The van der Waals surface area contributed by atoms with Gasteiger partial charge in [0.25, 0.3) is 0 Å². The van der Waals surface area contributed by atoms with Crippen LogP contribution in [-0.2, 0) is 0 Å². The summed E-state index contributed by atoms with van der Waals surface area (Å²) in [5.74, 6) is 1.76. The molecule has 1 aromatic rings. The zero-order valence-electron chi connectivity index (χ0n) is 9.24. The highest BCUT2D eigenvalue weighted by atomic mass is 16.3. The zero-order chi connectivity index (χ0) is 10.7. The van der Waals surface area contributed by atoms with Crippen molar-refractivity contribution in [2.75, 3.05) is 13.1 Å². The Bertz CT molecular complexity index is 301. The molecule has 0 spiro atoms. The first-order valence-electron chi connectivity index (χ1n) is 5.81. The molecule has 1 aliphatic heterocycles. The van der Waals surface area contributed by atoms with Gasteiger partial charge in [-0.25, -0.2) is 0 Å². The third-order valence-electron chi connectivity index (χ3n) is 3.43. The van der Waals surface area contributed by atoms with Crippen LogP contribution in [0, 0.1) is 5.92 Å². The van der Waals surface area contributed by atoms with Crippen LogP contribution in [-0.4, -0.2) is 18.2 Å². The van der Waals surface area contributed by atoms with E-state index in [4.69, 9.17) is 0 Å². The highest BCUT2D eigenvalue weighted by molar-refractivity contribution is 5.28. The molecule has 1 saturated heterocycles. The van der Waals surface area contributed by atoms with Gasteiger partial charge in [-0.15, -0.1) is 0 Å². The van der Waals surface area contributed by atoms with E-state index in [1.54, 1.807) is 12.1 Å². The molecule has 2 atom stereocenters. The van der Waals surface area contributed by atoms with Crippen LogP contribution in [0.5, 0.6) is 5.75 Å². The standard InChI is InChI=1S/C13H19NO/c1-2-13(11-7-8-14-9-11)10-3-5-12(15)6-4-10/h3-6,11,13-15H,2,7-9H2,1H3. The van der Waals surface area contributed by atoms with Gasteiger partial charge in [0, 0.05) is 0 Å². The van der Waals surface area contributed by atoms with Crippen LogP contribution in [0.1, 0.15) is 31.2 Å². The van der Waals surface area contributed by atoms with Gasteiger partial charge in [-0.1, -0.05) is 19.1 Å². The van der Waals surface area contributed by atoms with E-state index in [9.17, 15) is 5.11 Å². The summed E-state index contributed by atoms with van der Waals surface area (Å²) in [6.07, 6.45) is 2.45. The topological polar surface area (TPSA) is 32.3 Å². The molecule has 2 unspecified atom stereocenters. The SMILES string of the molecule is CCC(c1ccc(O)cc1)C1CCNC1. The van der Waals surface area contributed by atoms with Crippen LogP contribution in [0.15, 0.2) is 24.3 Å². The zero-order valence-corrected chi connectivity index (χ0v) is 9.24. The van der Waals surface area contributed by atoms with Gasteiger partial charge in [0.1, 0.15) is 5.75 Å². The lowest BCUT2D eigenvalue weighted by Gasteiger charge is -2.21. The van der Waals surface area contributed by atoms with E-state index < -0.39 is 0 Å². The fraction of sp³-hybridized carbons (Fsp3) is 0.538. The third kappa shape index (κ3) is 2.32. The maximum Gasteiger partial charge on any atom is 0.115 e. The molecule has 0 amide bonds. The van der Waals surface area contributed by atoms with E-state index >= 15 is 0 Å². The number of nitrogens with one attached hydrogen (secondary N) is 1. The molecule has 2 nitrogen and oxygen atoms in total. The van der Waals surface area contributed by atoms with Crippen LogP contribution < -0.4 is 5.32 Å². The number of hydrogen-bond acceptors (Lipinski definition) is 2. The molecule has 15 heavy (non-hydrogen) atoms. The Kier molecular flexibility index (Phi) is 3.27. The first-order valence-corrected chi connectivity index (χ1v) is 5.81. The summed E-state index contributed by atoms with van der Waals surface area (Å²) in [5.41, 5.74) is 1.36. The van der Waals surface area contributed by atoms with Crippen LogP contribution in [0.4, 0.5) is 0 Å². The number of rotatable bonds is 3. The molecule has 0 radical (unpaired) electrons. The van der Waals surface area contributed by atoms with E-state index in [1.165, 1.54) is 18.4 Å². The highest BCUT2D eigenvalue weighted by Crippen LogP contribution is 2.32. The van der Waals surface area contributed by atoms with E-state index in [1.807, 2.05) is 0 Å². The second-order valence-electron chi connectivity index (χ2n) is 4.36. The maximum absolute atomic E-state index is 9.26. The molecule has 0 aromatic heterocycles. The molecule has 1 aliphatic rings. The molecule has 0 aliphatic carbocycles. The van der Waals surface area contributed by atoms with Crippen molar-refractivity contribution < 1.29 is 5.11 Å². The minimum atomic E-state index is 0.359. The minimum Gasteiger partial charge on any atom is -0.508 e. The Morgan fingerprint density at radius 1 is 1.40 bits per heavy atom. The fourth-order valence-corrected chi connectivity index (χ4v) is 2.58. The summed E-state index contributed by atoms with van der Waals surface area (Å²) in [6.45, 7) is 4.54. The molecule has 0 bridgehead atoms. The van der Waals surface area contributed by atoms with Crippen LogP contribution in [0.25, 0.3) is 0 Å². The van der Waals surface area contributed by atoms with Crippen molar-refractivity contribution in [3.63, 3.8) is 0 Å². The number of hydrogen-bond donors (Lipinski definition) is 2. The number of phenols is 1. The Morgan fingerprint density at radius 3 is 2.67 bits per heavy atom. The minimum absolute atomic E-state index is 0.359. The van der Waals surface area contributed by atoms with Crippen LogP contribution in [0.3, 0.4) is 0 Å². The van der Waals surface area contributed by atoms with Gasteiger partial charge in [-0.05, 0) is 55.5 Å². The fourth-order valence-electron chi connectivity index (χ4n) is 2.58. The molecular weight excluding hydrogens is 186 g/mol. The van der Waals surface area contributed by atoms with E-state index in [2.05, 4.69) is 24.4 Å². The molecule has 1 aromatic carbocycles. The summed E-state index contributed by atoms with van der Waals surface area (Å²) >= 11 is 0. The first kappa shape index (κ1) is 10.5. The maximum atomic E-state index is 9.26. The Labute approximate surface area is 91.3 Å². The van der Waals surface area contributed by atoms with Crippen molar-refractivity contribution in [3.05, 3.63) is 29.8 Å². The third-order valence-corrected chi connectivity index (χ3v) is 3.43. The van der Waals surface area contributed by atoms with Crippen LogP contribution in [0.2, 0.25) is 0 Å². The lowest BCUT2D eigenvalue weighted by Crippen LogP contribution is -2.15. The van der Waals surface area contributed by atoms with Gasteiger partial charge in [0.05, 0.1) is 0 Å². The van der Waals surface area contributed by atoms with Gasteiger partial charge >= 0.3 is 0 Å². The van der Waals surface area contributed by atoms with Crippen molar-refractivity contribution in [3.8, 4) is 5.75 Å². The first-order chi connectivity index (χ1) is 7.31. The lowest BCUT2D eigenvalue weighted by atomic mass is 9.83. The number of phenolic OH excluding ortho intramolecular Hbond substituents is 1. The van der Waals surface area contributed by atoms with Crippen molar-refractivity contribution in [2.45, 2.75) is 25.7 Å². The molecule has 0 saturated carbocycles. The quantitative estimate of drug-likeness (QED) is 0.794. The Balaban J connectivity index is 2.14. The monoisotopic (exact) mass is 205 g/mol. The molecule has 2 rings (SSSR count). The summed E-state index contributed by atoms with van der Waals surface area (Å²) in [4.78, 5) is 0. The van der Waals surface area contributed by atoms with Gasteiger partial charge in [0.15, 0.2) is 0 Å². The van der Waals surface area contributed by atoms with Gasteiger partial charge in [-0.3, -0.25) is 0 Å². The highest BCUT2D eigenvalue weighted by Gasteiger charge is 2.24. The van der Waals surface area contributed by atoms with E-state index in [0.29, 0.717) is 11.7 Å². The Hall–Kier alpha value is -1.02. The Morgan fingerprint density at radius 2 is 2.13 bits per heavy atom. The normalized spacial score (nSPS) is 22.9. The van der Waals surface area contributed by atoms with Gasteiger partial charge in [-0.2, -0.15) is 0 Å². The number of benzene rings is 1. The molecule has 1 heterocycles. The predicted octanol–water partition coefficient (Wildman–Crippen LogP) is 2.50. The summed E-state index contributed by atoms with van der Waals surface area (Å²) in [5, 5.41) is 12.7. The second kappa shape index (κ2) is 4.67. The molecule has 2 heteroatoms. The average Bonchev–Trinajstić information content (AvgIpc) is 2.75. The van der Waals surface area contributed by atoms with Gasteiger partial charge in [0.2, 0.25) is 0 Å². The molecule has 2 N–H and O–H groups in total. The molecule has 1 fully saturated rings. The van der Waals surface area contributed by atoms with Crippen molar-refractivity contribution in [2.24, 2.45) is 5.92 Å². The lowest BCUT2D eigenvalue weighted by molar-refractivity contribution is 0.444. The average molecular weight is 205 g/mol.